The molecular formula is C15H22N2O3. The molecule has 0 atom stereocenters. The standard InChI is InChI=1S/C15H22N2O3/c1-2-20-15-9-8-14(17(18)19)10-12(15)11-16-13-6-4-3-5-7-13/h8-10,13,16H,2-7,11H2,1H3. The number of rotatable bonds is 6. The van der Waals surface area contributed by atoms with E-state index in [1.807, 2.05) is 6.92 Å². The maximum absolute atomic E-state index is 10.9. The van der Waals surface area contributed by atoms with Crippen molar-refractivity contribution in [2.24, 2.45) is 0 Å². The van der Waals surface area contributed by atoms with Crippen molar-refractivity contribution in [1.29, 1.82) is 0 Å². The molecule has 110 valence electrons. The van der Waals surface area contributed by atoms with Gasteiger partial charge in [0.15, 0.2) is 0 Å². The Balaban J connectivity index is 2.06. The highest BCUT2D eigenvalue weighted by molar-refractivity contribution is 5.43. The Morgan fingerprint density at radius 2 is 2.10 bits per heavy atom. The predicted molar refractivity (Wildman–Crippen MR) is 78.0 cm³/mol. The maximum Gasteiger partial charge on any atom is 0.270 e. The van der Waals surface area contributed by atoms with Crippen molar-refractivity contribution in [2.75, 3.05) is 6.61 Å². The zero-order chi connectivity index (χ0) is 14.4. The Bertz CT molecular complexity index is 456. The molecule has 0 aliphatic heterocycles. The van der Waals surface area contributed by atoms with Gasteiger partial charge in [0.25, 0.3) is 5.69 Å². The van der Waals surface area contributed by atoms with Crippen LogP contribution in [0.3, 0.4) is 0 Å². The Morgan fingerprint density at radius 3 is 2.75 bits per heavy atom. The summed E-state index contributed by atoms with van der Waals surface area (Å²) in [4.78, 5) is 10.5. The summed E-state index contributed by atoms with van der Waals surface area (Å²) in [5, 5.41) is 14.4. The quantitative estimate of drug-likeness (QED) is 0.639. The van der Waals surface area contributed by atoms with E-state index in [0.717, 1.165) is 11.3 Å². The summed E-state index contributed by atoms with van der Waals surface area (Å²) in [6.07, 6.45) is 6.24. The number of benzene rings is 1. The zero-order valence-electron chi connectivity index (χ0n) is 11.9. The van der Waals surface area contributed by atoms with E-state index in [1.165, 1.54) is 38.2 Å². The van der Waals surface area contributed by atoms with E-state index in [2.05, 4.69) is 5.32 Å². The molecule has 0 saturated heterocycles. The lowest BCUT2D eigenvalue weighted by Crippen LogP contribution is -2.30. The number of ether oxygens (including phenoxy) is 1. The van der Waals surface area contributed by atoms with E-state index in [-0.39, 0.29) is 10.6 Å². The topological polar surface area (TPSA) is 64.4 Å². The van der Waals surface area contributed by atoms with Crippen LogP contribution < -0.4 is 10.1 Å². The minimum Gasteiger partial charge on any atom is -0.494 e. The van der Waals surface area contributed by atoms with Crippen LogP contribution in [0.25, 0.3) is 0 Å². The van der Waals surface area contributed by atoms with Gasteiger partial charge in [-0.15, -0.1) is 0 Å². The fourth-order valence-corrected chi connectivity index (χ4v) is 2.67. The van der Waals surface area contributed by atoms with E-state index in [1.54, 1.807) is 12.1 Å². The first-order valence-electron chi connectivity index (χ1n) is 7.34. The Hall–Kier alpha value is -1.62. The Labute approximate surface area is 119 Å². The fourth-order valence-electron chi connectivity index (χ4n) is 2.67. The summed E-state index contributed by atoms with van der Waals surface area (Å²) in [7, 11) is 0. The molecule has 5 nitrogen and oxygen atoms in total. The van der Waals surface area contributed by atoms with E-state index in [9.17, 15) is 10.1 Å². The molecule has 1 saturated carbocycles. The molecule has 1 fully saturated rings. The normalized spacial score (nSPS) is 16.1. The minimum absolute atomic E-state index is 0.119. The highest BCUT2D eigenvalue weighted by Gasteiger charge is 2.15. The maximum atomic E-state index is 10.9. The molecule has 0 amide bonds. The zero-order valence-corrected chi connectivity index (χ0v) is 11.9. The van der Waals surface area contributed by atoms with Gasteiger partial charge in [-0.1, -0.05) is 19.3 Å². The second-order valence-corrected chi connectivity index (χ2v) is 5.20. The lowest BCUT2D eigenvalue weighted by atomic mass is 9.95. The summed E-state index contributed by atoms with van der Waals surface area (Å²) in [5.74, 6) is 0.737. The molecule has 0 unspecified atom stereocenters. The van der Waals surface area contributed by atoms with Crippen LogP contribution in [-0.2, 0) is 6.54 Å². The third-order valence-electron chi connectivity index (χ3n) is 3.74. The smallest absolute Gasteiger partial charge is 0.270 e. The Kier molecular flexibility index (Phi) is 5.35. The summed E-state index contributed by atoms with van der Waals surface area (Å²) < 4.78 is 5.55. The number of nitrogens with one attached hydrogen (secondary N) is 1. The van der Waals surface area contributed by atoms with Crippen molar-refractivity contribution in [3.8, 4) is 5.75 Å². The average molecular weight is 278 g/mol. The number of nitrogens with zero attached hydrogens (tertiary/aromatic N) is 1. The van der Waals surface area contributed by atoms with Gasteiger partial charge < -0.3 is 10.1 Å². The van der Waals surface area contributed by atoms with Gasteiger partial charge in [-0.2, -0.15) is 0 Å². The third-order valence-corrected chi connectivity index (χ3v) is 3.74. The van der Waals surface area contributed by atoms with Gasteiger partial charge in [0.1, 0.15) is 5.75 Å². The number of hydrogen-bond acceptors (Lipinski definition) is 4. The van der Waals surface area contributed by atoms with Crippen LogP contribution in [0.4, 0.5) is 5.69 Å². The van der Waals surface area contributed by atoms with Crippen LogP contribution in [0.2, 0.25) is 0 Å². The van der Waals surface area contributed by atoms with Gasteiger partial charge in [-0.3, -0.25) is 10.1 Å². The molecule has 0 heterocycles. The molecular weight excluding hydrogens is 256 g/mol. The second kappa shape index (κ2) is 7.24. The van der Waals surface area contributed by atoms with Gasteiger partial charge in [-0.25, -0.2) is 0 Å². The van der Waals surface area contributed by atoms with E-state index >= 15 is 0 Å². The van der Waals surface area contributed by atoms with Gasteiger partial charge >= 0.3 is 0 Å². The van der Waals surface area contributed by atoms with Crippen molar-refractivity contribution < 1.29 is 9.66 Å². The number of non-ortho nitro benzene ring substituents is 1. The Morgan fingerprint density at radius 1 is 1.35 bits per heavy atom. The number of nitro groups is 1. The largest absolute Gasteiger partial charge is 0.494 e. The van der Waals surface area contributed by atoms with Crippen LogP contribution in [0.1, 0.15) is 44.6 Å². The number of hydrogen-bond donors (Lipinski definition) is 1. The first-order valence-corrected chi connectivity index (χ1v) is 7.34. The minimum atomic E-state index is -0.361. The van der Waals surface area contributed by atoms with E-state index < -0.39 is 0 Å². The first-order chi connectivity index (χ1) is 9.70. The molecule has 5 heteroatoms. The summed E-state index contributed by atoms with van der Waals surface area (Å²) in [6, 6.07) is 5.33. The van der Waals surface area contributed by atoms with Crippen molar-refractivity contribution in [1.82, 2.24) is 5.32 Å². The van der Waals surface area contributed by atoms with Crippen LogP contribution in [-0.4, -0.2) is 17.6 Å². The van der Waals surface area contributed by atoms with Crippen LogP contribution in [0, 0.1) is 10.1 Å². The molecule has 1 N–H and O–H groups in total. The highest BCUT2D eigenvalue weighted by Crippen LogP contribution is 2.25. The average Bonchev–Trinajstić information content (AvgIpc) is 2.47. The van der Waals surface area contributed by atoms with Crippen molar-refractivity contribution in [2.45, 2.75) is 51.6 Å². The molecule has 1 aliphatic carbocycles. The summed E-state index contributed by atoms with van der Waals surface area (Å²) >= 11 is 0. The molecule has 20 heavy (non-hydrogen) atoms. The molecule has 0 radical (unpaired) electrons. The van der Waals surface area contributed by atoms with Crippen molar-refractivity contribution in [3.05, 3.63) is 33.9 Å². The molecule has 0 spiro atoms. The summed E-state index contributed by atoms with van der Waals surface area (Å²) in [5.41, 5.74) is 0.987. The second-order valence-electron chi connectivity index (χ2n) is 5.20. The van der Waals surface area contributed by atoms with Gasteiger partial charge in [-0.05, 0) is 25.8 Å². The van der Waals surface area contributed by atoms with E-state index in [4.69, 9.17) is 4.74 Å². The predicted octanol–water partition coefficient (Wildman–Crippen LogP) is 3.42. The monoisotopic (exact) mass is 278 g/mol. The molecule has 2 rings (SSSR count). The molecule has 0 bridgehead atoms. The lowest BCUT2D eigenvalue weighted by molar-refractivity contribution is -0.384. The number of nitro benzene ring substituents is 1. The molecule has 1 aromatic carbocycles. The van der Waals surface area contributed by atoms with Crippen LogP contribution >= 0.6 is 0 Å². The van der Waals surface area contributed by atoms with Gasteiger partial charge in [0.2, 0.25) is 0 Å². The molecule has 0 aromatic heterocycles. The van der Waals surface area contributed by atoms with Crippen LogP contribution in [0.5, 0.6) is 5.75 Å². The van der Waals surface area contributed by atoms with Gasteiger partial charge in [0, 0.05) is 30.3 Å². The van der Waals surface area contributed by atoms with Crippen molar-refractivity contribution in [3.63, 3.8) is 0 Å². The molecule has 1 aromatic rings. The molecule has 1 aliphatic rings. The van der Waals surface area contributed by atoms with Crippen LogP contribution in [0.15, 0.2) is 18.2 Å². The van der Waals surface area contributed by atoms with Gasteiger partial charge in [0.05, 0.1) is 11.5 Å². The lowest BCUT2D eigenvalue weighted by Gasteiger charge is -2.23. The SMILES string of the molecule is CCOc1ccc([N+](=O)[O-])cc1CNC1CCCCC1. The third kappa shape index (κ3) is 3.93. The fraction of sp³-hybridized carbons (Fsp3) is 0.600. The highest BCUT2D eigenvalue weighted by atomic mass is 16.6. The first kappa shape index (κ1) is 14.8. The van der Waals surface area contributed by atoms with E-state index in [0.29, 0.717) is 19.2 Å². The summed E-state index contributed by atoms with van der Waals surface area (Å²) in [6.45, 7) is 3.11. The van der Waals surface area contributed by atoms with Crippen molar-refractivity contribution >= 4 is 5.69 Å².